The molecule has 0 saturated carbocycles. The van der Waals surface area contributed by atoms with Crippen molar-refractivity contribution >= 4 is 11.0 Å². The van der Waals surface area contributed by atoms with Crippen molar-refractivity contribution < 1.29 is 0 Å². The van der Waals surface area contributed by atoms with E-state index in [1.54, 1.807) is 0 Å². The summed E-state index contributed by atoms with van der Waals surface area (Å²) in [5.74, 6) is 0.337. The Morgan fingerprint density at radius 1 is 1.29 bits per heavy atom. The number of benzene rings is 1. The Balaban J connectivity index is 2.19. The lowest BCUT2D eigenvalue weighted by molar-refractivity contribution is 0.650. The van der Waals surface area contributed by atoms with Crippen molar-refractivity contribution in [2.45, 2.75) is 53.0 Å². The molecule has 2 aliphatic heterocycles. The molecule has 0 bridgehead atoms. The Labute approximate surface area is 164 Å². The van der Waals surface area contributed by atoms with Crippen molar-refractivity contribution in [1.82, 2.24) is 19.5 Å². The minimum Gasteiger partial charge on any atom is -0.322 e. The lowest BCUT2D eigenvalue weighted by atomic mass is 10.0. The van der Waals surface area contributed by atoms with Crippen molar-refractivity contribution in [3.63, 3.8) is 0 Å². The quantitative estimate of drug-likeness (QED) is 0.501. The largest absolute Gasteiger partial charge is 0.349 e. The molecule has 28 heavy (non-hydrogen) atoms. The molecule has 1 N–H and O–H groups in total. The first kappa shape index (κ1) is 19.7. The van der Waals surface area contributed by atoms with Gasteiger partial charge in [-0.3, -0.25) is 9.78 Å². The van der Waals surface area contributed by atoms with Gasteiger partial charge in [0.2, 0.25) is 0 Å². The minimum absolute atomic E-state index is 0.196. The molecule has 6 nitrogen and oxygen atoms in total. The third-order valence-electron chi connectivity index (χ3n) is 4.87. The van der Waals surface area contributed by atoms with Gasteiger partial charge in [0.05, 0.1) is 11.0 Å². The van der Waals surface area contributed by atoms with Crippen LogP contribution in [0.25, 0.3) is 22.6 Å². The van der Waals surface area contributed by atoms with Gasteiger partial charge in [-0.05, 0) is 56.4 Å². The summed E-state index contributed by atoms with van der Waals surface area (Å²) in [6, 6.07) is 4.13. The van der Waals surface area contributed by atoms with Crippen LogP contribution < -0.4 is 11.2 Å². The van der Waals surface area contributed by atoms with Gasteiger partial charge in [0.15, 0.2) is 11.5 Å². The molecule has 0 unspecified atom stereocenters. The summed E-state index contributed by atoms with van der Waals surface area (Å²) in [4.78, 5) is 35.0. The van der Waals surface area contributed by atoms with Crippen LogP contribution in [-0.4, -0.2) is 19.5 Å². The van der Waals surface area contributed by atoms with Crippen LogP contribution in [0.1, 0.15) is 44.2 Å². The first-order valence-corrected chi connectivity index (χ1v) is 9.69. The Hall–Kier alpha value is -3.02. The van der Waals surface area contributed by atoms with E-state index in [-0.39, 0.29) is 5.69 Å². The van der Waals surface area contributed by atoms with Crippen LogP contribution in [0.2, 0.25) is 0 Å². The smallest absolute Gasteiger partial charge is 0.322 e. The van der Waals surface area contributed by atoms with Gasteiger partial charge in [-0.25, -0.2) is 9.78 Å². The Morgan fingerprint density at radius 3 is 2.79 bits per heavy atom. The van der Waals surface area contributed by atoms with E-state index in [2.05, 4.69) is 41.4 Å². The van der Waals surface area contributed by atoms with Crippen molar-refractivity contribution in [1.29, 1.82) is 0 Å². The average Bonchev–Trinajstić information content (AvgIpc) is 2.63. The van der Waals surface area contributed by atoms with Gasteiger partial charge in [-0.15, -0.1) is 0 Å². The molecule has 0 atom stereocenters. The third-order valence-corrected chi connectivity index (χ3v) is 4.87. The second-order valence-corrected chi connectivity index (χ2v) is 7.09. The summed E-state index contributed by atoms with van der Waals surface area (Å²) >= 11 is 0. The molecule has 0 radical (unpaired) electrons. The molecule has 0 amide bonds. The molecule has 146 valence electrons. The highest BCUT2D eigenvalue weighted by Crippen LogP contribution is 2.25. The number of aromatic nitrogens is 4. The topological polar surface area (TPSA) is 80.6 Å². The molecular formula is C22H26N4O2. The summed E-state index contributed by atoms with van der Waals surface area (Å²) in [5.41, 5.74) is 4.13. The number of aromatic amines is 1. The van der Waals surface area contributed by atoms with Crippen LogP contribution >= 0.6 is 0 Å². The maximum absolute atomic E-state index is 12.3. The Kier molecular flexibility index (Phi) is 5.87. The number of hydrogen-bond donors (Lipinski definition) is 1. The summed E-state index contributed by atoms with van der Waals surface area (Å²) in [6.45, 7) is 10.8. The van der Waals surface area contributed by atoms with Crippen LogP contribution in [0.4, 0.5) is 0 Å². The molecular weight excluding hydrogens is 352 g/mol. The van der Waals surface area contributed by atoms with Crippen molar-refractivity contribution in [3.05, 3.63) is 68.4 Å². The maximum Gasteiger partial charge on any atom is 0.349 e. The normalized spacial score (nSPS) is 11.7. The van der Waals surface area contributed by atoms with Gasteiger partial charge in [0, 0.05) is 6.54 Å². The standard InChI is InChI=1S/C22H26N4O2/c1-5-8-14(3)10-7-11-26-18-13-16(9-6-2)15(4)12-17(18)23-19-20(26)24-22(28)25-21(19)27/h5,8,12-13H,3,6-7,9-11H2,1-2,4H3,(H,25,27,28). The van der Waals surface area contributed by atoms with Gasteiger partial charge < -0.3 is 4.57 Å². The van der Waals surface area contributed by atoms with E-state index in [1.165, 1.54) is 5.56 Å². The summed E-state index contributed by atoms with van der Waals surface area (Å²) < 4.78 is 1.95. The van der Waals surface area contributed by atoms with E-state index >= 15 is 0 Å². The molecule has 0 spiro atoms. The lowest BCUT2D eigenvalue weighted by Gasteiger charge is -2.18. The van der Waals surface area contributed by atoms with Gasteiger partial charge in [0.25, 0.3) is 5.56 Å². The predicted octanol–water partition coefficient (Wildman–Crippen LogP) is 3.76. The molecule has 1 aromatic carbocycles. The van der Waals surface area contributed by atoms with Crippen LogP contribution in [-0.2, 0) is 13.0 Å². The highest BCUT2D eigenvalue weighted by molar-refractivity contribution is 5.81. The van der Waals surface area contributed by atoms with Gasteiger partial charge in [-0.1, -0.05) is 37.6 Å². The molecule has 1 aromatic rings. The number of hydrogen-bond acceptors (Lipinski definition) is 4. The first-order valence-electron chi connectivity index (χ1n) is 9.69. The van der Waals surface area contributed by atoms with E-state index in [1.807, 2.05) is 29.7 Å². The fraction of sp³-hybridized carbons (Fsp3) is 0.364. The highest BCUT2D eigenvalue weighted by atomic mass is 16.2. The predicted molar refractivity (Wildman–Crippen MR) is 113 cm³/mol. The van der Waals surface area contributed by atoms with Crippen molar-refractivity contribution in [2.75, 3.05) is 0 Å². The van der Waals surface area contributed by atoms with Crippen molar-refractivity contribution in [2.24, 2.45) is 0 Å². The van der Waals surface area contributed by atoms with E-state index in [9.17, 15) is 9.59 Å². The van der Waals surface area contributed by atoms with Crippen LogP contribution in [0, 0.1) is 6.92 Å². The minimum atomic E-state index is -0.647. The number of allylic oxidation sites excluding steroid dienone is 3. The molecule has 2 aliphatic rings. The average molecular weight is 378 g/mol. The zero-order valence-electron chi connectivity index (χ0n) is 16.7. The Morgan fingerprint density at radius 2 is 2.07 bits per heavy atom. The van der Waals surface area contributed by atoms with Gasteiger partial charge >= 0.3 is 5.69 Å². The van der Waals surface area contributed by atoms with E-state index in [4.69, 9.17) is 0 Å². The van der Waals surface area contributed by atoms with E-state index in [0.717, 1.165) is 47.9 Å². The number of nitrogens with zero attached hydrogens (tertiary/aromatic N) is 3. The van der Waals surface area contributed by atoms with Gasteiger partial charge in [0.1, 0.15) is 0 Å². The summed E-state index contributed by atoms with van der Waals surface area (Å²) in [7, 11) is 0. The fourth-order valence-electron chi connectivity index (χ4n) is 3.54. The number of aryl methyl sites for hydroxylation is 3. The molecule has 0 aromatic heterocycles. The molecule has 0 saturated heterocycles. The second-order valence-electron chi connectivity index (χ2n) is 7.09. The SMILES string of the molecule is C=C(C=CC)CCCn1c2nc(=O)[nH]c(=O)c-2nc2cc(C)c(CCC)cc21. The molecule has 0 aliphatic carbocycles. The summed E-state index contributed by atoms with van der Waals surface area (Å²) in [5, 5.41) is 0. The number of rotatable bonds is 7. The van der Waals surface area contributed by atoms with Crippen LogP contribution in [0.15, 0.2) is 46.0 Å². The highest BCUT2D eigenvalue weighted by Gasteiger charge is 2.19. The lowest BCUT2D eigenvalue weighted by Crippen LogP contribution is -2.29. The van der Waals surface area contributed by atoms with Gasteiger partial charge in [-0.2, -0.15) is 4.98 Å². The second kappa shape index (κ2) is 8.33. The monoisotopic (exact) mass is 378 g/mol. The zero-order valence-corrected chi connectivity index (χ0v) is 16.7. The third kappa shape index (κ3) is 3.96. The molecule has 3 rings (SSSR count). The molecule has 0 fully saturated rings. The maximum atomic E-state index is 12.3. The van der Waals surface area contributed by atoms with Crippen molar-refractivity contribution in [3.8, 4) is 11.5 Å². The molecule has 2 heterocycles. The van der Waals surface area contributed by atoms with E-state index in [0.29, 0.717) is 12.4 Å². The first-order chi connectivity index (χ1) is 13.4. The van der Waals surface area contributed by atoms with Crippen LogP contribution in [0.3, 0.4) is 0 Å². The number of nitrogens with one attached hydrogen (secondary N) is 1. The van der Waals surface area contributed by atoms with Crippen LogP contribution in [0.5, 0.6) is 0 Å². The molecule has 6 heteroatoms. The summed E-state index contributed by atoms with van der Waals surface area (Å²) in [6.07, 6.45) is 7.62. The zero-order chi connectivity index (χ0) is 20.3. The number of fused-ring (bicyclic) bond motifs is 2. The van der Waals surface area contributed by atoms with E-state index < -0.39 is 11.2 Å². The number of H-pyrrole nitrogens is 1. The fourth-order valence-corrected chi connectivity index (χ4v) is 3.54. The Bertz CT molecular complexity index is 1140.